The van der Waals surface area contributed by atoms with Crippen LogP contribution >= 0.6 is 34.8 Å². The number of amides is 2. The van der Waals surface area contributed by atoms with Gasteiger partial charge in [-0.3, -0.25) is 48.5 Å². The van der Waals surface area contributed by atoms with Gasteiger partial charge in [0, 0.05) is 111 Å². The molecular formula is C108H81Cl3N18O8+2. The van der Waals surface area contributed by atoms with Gasteiger partial charge in [-0.05, 0) is 239 Å². The molecule has 0 aliphatic carbocycles. The minimum absolute atomic E-state index is 0. The normalized spacial score (nSPS) is 10.4. The van der Waals surface area contributed by atoms with Gasteiger partial charge in [-0.15, -0.1) is 0 Å². The minimum Gasteiger partial charge on any atom is -0.339 e. The van der Waals surface area contributed by atoms with Crippen LogP contribution in [0.2, 0.25) is 5.15 Å². The fourth-order valence-corrected chi connectivity index (χ4v) is 14.3. The average molecular weight is 1870 g/mol. The van der Waals surface area contributed by atoms with Crippen molar-refractivity contribution in [2.45, 2.75) is 0 Å². The van der Waals surface area contributed by atoms with Crippen molar-refractivity contribution in [2.24, 2.45) is 0 Å². The van der Waals surface area contributed by atoms with Crippen LogP contribution in [0.4, 0.5) is 63.0 Å². The van der Waals surface area contributed by atoms with Gasteiger partial charge in [-0.25, -0.2) is 39.9 Å². The Bertz CT molecular complexity index is 7180. The van der Waals surface area contributed by atoms with Crippen LogP contribution in [-0.2, 0) is 0 Å². The predicted octanol–water partition coefficient (Wildman–Crippen LogP) is 25.5. The number of hydrogen-bond donors (Lipinski definition) is 6. The number of nitrogens with one attached hydrogen (secondary N) is 5. The number of quaternary nitrogens is 1. The summed E-state index contributed by atoms with van der Waals surface area (Å²) in [6.45, 7) is 0. The molecule has 20 aromatic rings. The maximum absolute atomic E-state index is 13.0. The molecule has 0 fully saturated rings. The number of anilines is 8. The second-order valence-electron chi connectivity index (χ2n) is 29.8. The van der Waals surface area contributed by atoms with Gasteiger partial charge in [0.1, 0.15) is 28.4 Å². The summed E-state index contributed by atoms with van der Waals surface area (Å²) in [6, 6.07) is 125. The van der Waals surface area contributed by atoms with Gasteiger partial charge in [0.2, 0.25) is 11.0 Å². The van der Waals surface area contributed by atoms with E-state index in [1.807, 2.05) is 219 Å². The molecule has 2 amide bonds. The molecule has 0 radical (unpaired) electrons. The highest BCUT2D eigenvalue weighted by molar-refractivity contribution is 6.68. The zero-order valence-electron chi connectivity index (χ0n) is 73.5. The molecule has 0 atom stereocenters. The number of carbonyl (C=O) groups excluding carboxylic acids is 4. The number of nitrogens with zero attached hydrogens (tertiary/aromatic N) is 12. The number of fused-ring (bicyclic) bond motifs is 2. The molecule has 20 rings (SSSR count). The molecule has 670 valence electrons. The lowest BCUT2D eigenvalue weighted by molar-refractivity contribution is -0.385. The van der Waals surface area contributed by atoms with E-state index in [-0.39, 0.29) is 35.6 Å². The van der Waals surface area contributed by atoms with Gasteiger partial charge < -0.3 is 32.3 Å². The van der Waals surface area contributed by atoms with Crippen molar-refractivity contribution in [2.75, 3.05) is 26.6 Å². The van der Waals surface area contributed by atoms with Gasteiger partial charge in [0.15, 0.2) is 22.9 Å². The summed E-state index contributed by atoms with van der Waals surface area (Å²) in [7, 11) is 0. The van der Waals surface area contributed by atoms with Crippen molar-refractivity contribution in [1.29, 1.82) is 0 Å². The molecule has 8 heterocycles. The first-order valence-corrected chi connectivity index (χ1v) is 43.5. The highest BCUT2D eigenvalue weighted by Gasteiger charge is 2.21. The Morgan fingerprint density at radius 1 is 0.299 bits per heavy atom. The molecule has 137 heavy (non-hydrogen) atoms. The first kappa shape index (κ1) is 93.5. The van der Waals surface area contributed by atoms with Crippen LogP contribution in [0.3, 0.4) is 0 Å². The molecule has 0 saturated carbocycles. The SMILES string of the molecule is O=C(Cl)c1ccc(-c2ccc(C(=O)Cl)cc2)cc1.O=C(Nc1cccnc1Nc1ccccc1)c1ccc(-c2ccc(C(=O)Nc3cccnc3Nc3ccccc3)cc2)cc1.O=[N+]([O-])c1cccnc1Cl.O=[N+]([O-])c1cccnc1Nc1ccccc1.[H+].[NH3+]c1ccccc1.c1ccc(-n2c(-c3ccc(-c4ccc(-c5nc6cccnc6n5-c5ccccc5)cc4)cc3)nc3cccnc32)cc1. The maximum atomic E-state index is 13.0. The first-order chi connectivity index (χ1) is 66.9. The molecular weight excluding hydrogens is 1780 g/mol. The quantitative estimate of drug-likeness (QED) is 0.0168. The van der Waals surface area contributed by atoms with Crippen LogP contribution in [0.5, 0.6) is 0 Å². The Morgan fingerprint density at radius 2 is 0.577 bits per heavy atom. The third-order valence-electron chi connectivity index (χ3n) is 20.6. The van der Waals surface area contributed by atoms with Gasteiger partial charge in [-0.1, -0.05) is 218 Å². The molecule has 0 aliphatic rings. The number of rotatable bonds is 21. The topological polar surface area (TPSA) is 355 Å². The largest absolute Gasteiger partial charge is 1.00 e. The Morgan fingerprint density at radius 3 is 0.898 bits per heavy atom. The molecule has 8 aromatic heterocycles. The van der Waals surface area contributed by atoms with Gasteiger partial charge in [-0.2, -0.15) is 0 Å². The number of pyridine rings is 6. The van der Waals surface area contributed by atoms with E-state index in [0.717, 1.165) is 113 Å². The molecule has 0 aliphatic heterocycles. The number of benzene rings is 12. The number of carbonyl (C=O) groups is 4. The van der Waals surface area contributed by atoms with Crippen LogP contribution in [0.15, 0.2) is 438 Å². The van der Waals surface area contributed by atoms with E-state index in [4.69, 9.17) is 44.8 Å². The lowest BCUT2D eigenvalue weighted by atomic mass is 10.0. The predicted molar refractivity (Wildman–Crippen MR) is 542 cm³/mol. The zero-order chi connectivity index (χ0) is 95.2. The fraction of sp³-hybridized carbons (Fsp3) is 0. The van der Waals surface area contributed by atoms with Crippen molar-refractivity contribution in [3.05, 3.63) is 485 Å². The van der Waals surface area contributed by atoms with E-state index in [1.54, 1.807) is 109 Å². The number of para-hydroxylation sites is 5. The van der Waals surface area contributed by atoms with Gasteiger partial charge in [0.25, 0.3) is 22.3 Å². The summed E-state index contributed by atoms with van der Waals surface area (Å²) in [6.07, 6.45) is 9.87. The summed E-state index contributed by atoms with van der Waals surface area (Å²) in [4.78, 5) is 103. The van der Waals surface area contributed by atoms with Crippen molar-refractivity contribution in [1.82, 2.24) is 49.0 Å². The van der Waals surface area contributed by atoms with Gasteiger partial charge >= 0.3 is 12.8 Å². The van der Waals surface area contributed by atoms with E-state index < -0.39 is 20.3 Å². The lowest BCUT2D eigenvalue weighted by Crippen LogP contribution is -2.39. The fourth-order valence-electron chi connectivity index (χ4n) is 13.9. The third kappa shape index (κ3) is 24.9. The van der Waals surface area contributed by atoms with Crippen LogP contribution in [0.25, 0.3) is 89.9 Å². The number of aromatic nitrogens is 10. The molecule has 8 N–H and O–H groups in total. The molecule has 12 aromatic carbocycles. The van der Waals surface area contributed by atoms with E-state index in [0.29, 0.717) is 45.3 Å². The Labute approximate surface area is 801 Å². The van der Waals surface area contributed by atoms with Crippen molar-refractivity contribution < 1.29 is 36.2 Å². The van der Waals surface area contributed by atoms with Crippen LogP contribution in [-0.4, -0.2) is 81.2 Å². The van der Waals surface area contributed by atoms with Crippen LogP contribution in [0, 0.1) is 20.2 Å². The summed E-state index contributed by atoms with van der Waals surface area (Å²) in [5.41, 5.74) is 23.7. The van der Waals surface area contributed by atoms with Gasteiger partial charge in [0.05, 0.1) is 21.2 Å². The Balaban J connectivity index is 0.000000147. The van der Waals surface area contributed by atoms with E-state index in [9.17, 15) is 39.4 Å². The van der Waals surface area contributed by atoms with E-state index in [2.05, 4.69) is 144 Å². The second kappa shape index (κ2) is 46.0. The molecule has 0 unspecified atom stereocenters. The highest BCUT2D eigenvalue weighted by atomic mass is 35.5. The molecule has 0 bridgehead atoms. The standard InChI is InChI=1S/C36H28N6O2.C36H24N6.C14H8Cl2O2.C11H9N3O2.C6H7N.C5H3ClN2O2/c43-35(41-31-13-7-23-37-33(31)39-29-9-3-1-4-10-29)27-19-15-25(16-20-27)26-17-21-28(22-18-26)36(44)42-32-14-8-24-38-34(32)40-30-11-5-2-6-12-30;1-3-9-29(10-4-1)41-33(39-31-13-7-23-37-35(31)41)27-19-15-25(16-20-27)26-17-21-28(22-18-26)34-40-32-14-8-24-38-36(32)42(34)30-11-5-2-6-12-30;15-13(17)11-5-1-9(2-6-11)10-3-7-12(8-4-10)14(16)18;15-14(16)10-7-4-8-12-11(10)13-9-5-2-1-3-6-9;7-6-4-2-1-3-5-6;6-5-4(8(9)10)2-1-3-7-5/h1-24H,(H,37,39)(H,38,40)(H,41,43)(H,42,44);1-24H;1-8H;1-8H,(H,12,13);1-5H,7H2;1-3H/p+2. The third-order valence-corrected chi connectivity index (χ3v) is 21.4. The highest BCUT2D eigenvalue weighted by Crippen LogP contribution is 2.35. The smallest absolute Gasteiger partial charge is 0.339 e. The molecule has 0 spiro atoms. The van der Waals surface area contributed by atoms with Crippen molar-refractivity contribution >= 4 is 142 Å². The number of nitro groups is 2. The van der Waals surface area contributed by atoms with Crippen molar-refractivity contribution in [3.8, 4) is 67.5 Å². The average Bonchev–Trinajstić information content (AvgIpc) is 1.62. The monoisotopic (exact) mass is 1860 g/mol. The number of hydrogen-bond acceptors (Lipinski definition) is 19. The van der Waals surface area contributed by atoms with Crippen molar-refractivity contribution in [3.63, 3.8) is 0 Å². The minimum atomic E-state index is -0.574. The summed E-state index contributed by atoms with van der Waals surface area (Å²) in [5.74, 6) is 2.60. The maximum Gasteiger partial charge on any atom is 1.00 e. The first-order valence-electron chi connectivity index (χ1n) is 42.4. The Hall–Kier alpha value is -18.2. The number of imidazole rings is 2. The molecule has 29 heteroatoms. The summed E-state index contributed by atoms with van der Waals surface area (Å²) in [5, 5.41) is 35.1. The van der Waals surface area contributed by atoms with E-state index in [1.165, 1.54) is 36.7 Å². The summed E-state index contributed by atoms with van der Waals surface area (Å²) >= 11 is 16.1. The molecule has 26 nitrogen and oxygen atoms in total. The van der Waals surface area contributed by atoms with Crippen LogP contribution in [0.1, 0.15) is 42.9 Å². The number of halogens is 3. The molecule has 0 saturated heterocycles. The van der Waals surface area contributed by atoms with Crippen LogP contribution < -0.4 is 32.3 Å². The Kier molecular flexibility index (Phi) is 31.4. The lowest BCUT2D eigenvalue weighted by Gasteiger charge is -2.13. The zero-order valence-corrected chi connectivity index (χ0v) is 74.8. The summed E-state index contributed by atoms with van der Waals surface area (Å²) < 4.78 is 4.24. The second-order valence-corrected chi connectivity index (χ2v) is 30.8. The van der Waals surface area contributed by atoms with E-state index >= 15 is 0 Å².